The summed E-state index contributed by atoms with van der Waals surface area (Å²) < 4.78 is 13.2. The minimum absolute atomic E-state index is 0.0000926. The van der Waals surface area contributed by atoms with Gasteiger partial charge in [0.25, 0.3) is 0 Å². The van der Waals surface area contributed by atoms with Gasteiger partial charge in [-0.2, -0.15) is 0 Å². The van der Waals surface area contributed by atoms with Crippen LogP contribution in [0.3, 0.4) is 0 Å². The lowest BCUT2D eigenvalue weighted by Gasteiger charge is -2.05. The van der Waals surface area contributed by atoms with Crippen molar-refractivity contribution in [1.82, 2.24) is 0 Å². The van der Waals surface area contributed by atoms with Gasteiger partial charge in [0.2, 0.25) is 0 Å². The minimum Gasteiger partial charge on any atom is -0.294 e. The van der Waals surface area contributed by atoms with Crippen molar-refractivity contribution in [1.29, 1.82) is 0 Å². The second-order valence-electron chi connectivity index (χ2n) is 3.20. The van der Waals surface area contributed by atoms with Crippen molar-refractivity contribution in [2.45, 2.75) is 27.2 Å². The molecule has 0 bridgehead atoms. The Labute approximate surface area is 77.6 Å². The summed E-state index contributed by atoms with van der Waals surface area (Å²) in [6, 6.07) is 3.19. The number of carbonyl (C=O) groups is 1. The smallest absolute Gasteiger partial charge is 0.162 e. The molecule has 0 amide bonds. The Hall–Kier alpha value is -1.18. The highest BCUT2D eigenvalue weighted by Crippen LogP contribution is 2.16. The van der Waals surface area contributed by atoms with Crippen molar-refractivity contribution < 1.29 is 9.18 Å². The van der Waals surface area contributed by atoms with Crippen LogP contribution >= 0.6 is 0 Å². The van der Waals surface area contributed by atoms with Gasteiger partial charge in [-0.15, -0.1) is 0 Å². The molecule has 70 valence electrons. The molecule has 0 spiro atoms. The largest absolute Gasteiger partial charge is 0.294 e. The number of hydrogen-bond donors (Lipinski definition) is 0. The fourth-order valence-electron chi connectivity index (χ4n) is 1.29. The van der Waals surface area contributed by atoms with E-state index in [-0.39, 0.29) is 11.6 Å². The predicted octanol–water partition coefficient (Wildman–Crippen LogP) is 3.04. The molecule has 0 radical (unpaired) electrons. The molecule has 0 atom stereocenters. The van der Waals surface area contributed by atoms with Crippen molar-refractivity contribution in [3.8, 4) is 0 Å². The lowest BCUT2D eigenvalue weighted by molar-refractivity contribution is 0.0987. The summed E-state index contributed by atoms with van der Waals surface area (Å²) in [7, 11) is 0. The monoisotopic (exact) mass is 180 g/mol. The molecule has 2 heteroatoms. The summed E-state index contributed by atoms with van der Waals surface area (Å²) in [5, 5.41) is 0. The van der Waals surface area contributed by atoms with Gasteiger partial charge in [0.05, 0.1) is 0 Å². The average Bonchev–Trinajstić information content (AvgIpc) is 2.10. The standard InChI is InChI=1S/C11H13FO/c1-4-11(13)9-5-7(2)6-10(12)8(9)3/h5-6H,4H2,1-3H3. The molecule has 0 saturated carbocycles. The van der Waals surface area contributed by atoms with E-state index in [0.717, 1.165) is 5.56 Å². The molecule has 0 fully saturated rings. The van der Waals surface area contributed by atoms with E-state index >= 15 is 0 Å². The lowest BCUT2D eigenvalue weighted by atomic mass is 10.0. The fraction of sp³-hybridized carbons (Fsp3) is 0.364. The van der Waals surface area contributed by atoms with Crippen LogP contribution < -0.4 is 0 Å². The second-order valence-corrected chi connectivity index (χ2v) is 3.20. The van der Waals surface area contributed by atoms with Crippen molar-refractivity contribution in [2.24, 2.45) is 0 Å². The summed E-state index contributed by atoms with van der Waals surface area (Å²) in [6.45, 7) is 5.20. The van der Waals surface area contributed by atoms with Crippen LogP contribution in [0.4, 0.5) is 4.39 Å². The number of ketones is 1. The first-order chi connectivity index (χ1) is 6.06. The van der Waals surface area contributed by atoms with E-state index in [0.29, 0.717) is 17.5 Å². The van der Waals surface area contributed by atoms with Gasteiger partial charge < -0.3 is 0 Å². The van der Waals surface area contributed by atoms with Gasteiger partial charge in [-0.25, -0.2) is 4.39 Å². The summed E-state index contributed by atoms with van der Waals surface area (Å²) in [5.41, 5.74) is 1.76. The Bertz CT molecular complexity index is 342. The Morgan fingerprint density at radius 3 is 2.54 bits per heavy atom. The number of benzene rings is 1. The van der Waals surface area contributed by atoms with Crippen molar-refractivity contribution in [3.63, 3.8) is 0 Å². The van der Waals surface area contributed by atoms with Gasteiger partial charge in [0.1, 0.15) is 5.82 Å². The van der Waals surface area contributed by atoms with Gasteiger partial charge in [0, 0.05) is 12.0 Å². The fourth-order valence-corrected chi connectivity index (χ4v) is 1.29. The topological polar surface area (TPSA) is 17.1 Å². The summed E-state index contributed by atoms with van der Waals surface area (Å²) in [4.78, 5) is 11.4. The maximum absolute atomic E-state index is 13.2. The molecule has 0 aliphatic rings. The van der Waals surface area contributed by atoms with Crippen LogP contribution in [0, 0.1) is 19.7 Å². The van der Waals surface area contributed by atoms with Crippen LogP contribution in [-0.2, 0) is 0 Å². The average molecular weight is 180 g/mol. The molecule has 1 aromatic rings. The van der Waals surface area contributed by atoms with Gasteiger partial charge in [-0.05, 0) is 37.1 Å². The van der Waals surface area contributed by atoms with E-state index in [2.05, 4.69) is 0 Å². The summed E-state index contributed by atoms with van der Waals surface area (Å²) >= 11 is 0. The first-order valence-electron chi connectivity index (χ1n) is 4.36. The highest BCUT2D eigenvalue weighted by atomic mass is 19.1. The molecule has 0 aromatic heterocycles. The molecule has 1 nitrogen and oxygen atoms in total. The van der Waals surface area contributed by atoms with Crippen LogP contribution in [0.2, 0.25) is 0 Å². The van der Waals surface area contributed by atoms with Gasteiger partial charge in [-0.3, -0.25) is 4.79 Å². The van der Waals surface area contributed by atoms with E-state index in [9.17, 15) is 9.18 Å². The highest BCUT2D eigenvalue weighted by Gasteiger charge is 2.10. The third-order valence-electron chi connectivity index (χ3n) is 2.11. The van der Waals surface area contributed by atoms with Crippen molar-refractivity contribution >= 4 is 5.78 Å². The van der Waals surface area contributed by atoms with Crippen molar-refractivity contribution in [2.75, 3.05) is 0 Å². The van der Waals surface area contributed by atoms with Crippen LogP contribution in [0.25, 0.3) is 0 Å². The third-order valence-corrected chi connectivity index (χ3v) is 2.11. The number of rotatable bonds is 2. The van der Waals surface area contributed by atoms with E-state index in [1.54, 1.807) is 26.8 Å². The van der Waals surface area contributed by atoms with Crippen molar-refractivity contribution in [3.05, 3.63) is 34.6 Å². The van der Waals surface area contributed by atoms with E-state index in [1.165, 1.54) is 6.07 Å². The van der Waals surface area contributed by atoms with Gasteiger partial charge >= 0.3 is 0 Å². The Morgan fingerprint density at radius 1 is 1.38 bits per heavy atom. The number of carbonyl (C=O) groups excluding carboxylic acids is 1. The number of halogens is 1. The molecule has 13 heavy (non-hydrogen) atoms. The zero-order valence-corrected chi connectivity index (χ0v) is 8.15. The molecule has 0 saturated heterocycles. The van der Waals surface area contributed by atoms with Crippen LogP contribution in [0.15, 0.2) is 12.1 Å². The van der Waals surface area contributed by atoms with Gasteiger partial charge in [0.15, 0.2) is 5.78 Å². The normalized spacial score (nSPS) is 10.2. The third kappa shape index (κ3) is 1.94. The summed E-state index contributed by atoms with van der Waals surface area (Å²) in [5.74, 6) is -0.295. The molecule has 0 aliphatic carbocycles. The molecule has 1 rings (SSSR count). The zero-order chi connectivity index (χ0) is 10.0. The Kier molecular flexibility index (Phi) is 2.81. The SMILES string of the molecule is CCC(=O)c1cc(C)cc(F)c1C. The van der Waals surface area contributed by atoms with E-state index in [1.807, 2.05) is 0 Å². The lowest BCUT2D eigenvalue weighted by Crippen LogP contribution is -2.02. The van der Waals surface area contributed by atoms with Gasteiger partial charge in [-0.1, -0.05) is 6.92 Å². The van der Waals surface area contributed by atoms with Crippen LogP contribution in [-0.4, -0.2) is 5.78 Å². The minimum atomic E-state index is -0.295. The number of Topliss-reactive ketones (excluding diaryl/α,β-unsaturated/α-hetero) is 1. The zero-order valence-electron chi connectivity index (χ0n) is 8.15. The Balaban J connectivity index is 3.28. The first-order valence-corrected chi connectivity index (χ1v) is 4.36. The Morgan fingerprint density at radius 2 is 2.00 bits per heavy atom. The molecule has 0 aliphatic heterocycles. The quantitative estimate of drug-likeness (QED) is 0.639. The van der Waals surface area contributed by atoms with Crippen LogP contribution in [0.1, 0.15) is 34.8 Å². The first kappa shape index (κ1) is 9.90. The second kappa shape index (κ2) is 3.69. The molecule has 0 N–H and O–H groups in total. The summed E-state index contributed by atoms with van der Waals surface area (Å²) in [6.07, 6.45) is 0.420. The maximum atomic E-state index is 13.2. The number of hydrogen-bond acceptors (Lipinski definition) is 1. The van der Waals surface area contributed by atoms with E-state index in [4.69, 9.17) is 0 Å². The maximum Gasteiger partial charge on any atom is 0.162 e. The molecular formula is C11H13FO. The van der Waals surface area contributed by atoms with E-state index < -0.39 is 0 Å². The molecule has 0 heterocycles. The molecule has 1 aromatic carbocycles. The number of aryl methyl sites for hydroxylation is 1. The molecular weight excluding hydrogens is 167 g/mol. The highest BCUT2D eigenvalue weighted by molar-refractivity contribution is 5.97. The van der Waals surface area contributed by atoms with Crippen LogP contribution in [0.5, 0.6) is 0 Å². The predicted molar refractivity (Wildman–Crippen MR) is 50.5 cm³/mol. The molecule has 0 unspecified atom stereocenters.